The summed E-state index contributed by atoms with van der Waals surface area (Å²) in [5.74, 6) is 0.332. The van der Waals surface area contributed by atoms with Gasteiger partial charge in [-0.2, -0.15) is 0 Å². The first-order valence-electron chi connectivity index (χ1n) is 9.02. The van der Waals surface area contributed by atoms with Gasteiger partial charge in [-0.05, 0) is 47.9 Å². The van der Waals surface area contributed by atoms with Crippen molar-refractivity contribution >= 4 is 11.4 Å². The first-order valence-corrected chi connectivity index (χ1v) is 9.02. The molecular weight excluding hydrogens is 364 g/mol. The van der Waals surface area contributed by atoms with Gasteiger partial charge in [-0.15, -0.1) is 0 Å². The zero-order chi connectivity index (χ0) is 20.8. The van der Waals surface area contributed by atoms with E-state index in [4.69, 9.17) is 9.47 Å². The van der Waals surface area contributed by atoms with Crippen LogP contribution in [0.2, 0.25) is 0 Å². The summed E-state index contributed by atoms with van der Waals surface area (Å²) in [5.41, 5.74) is 1.43. The highest BCUT2D eigenvalue weighted by atomic mass is 16.6. The number of ether oxygens (including phenoxy) is 2. The molecule has 0 aromatic heterocycles. The molecule has 150 valence electrons. The maximum Gasteiger partial charge on any atom is 0.311 e. The Kier molecular flexibility index (Phi) is 6.92. The normalized spacial score (nSPS) is 12.9. The highest BCUT2D eigenvalue weighted by Crippen LogP contribution is 2.42. The Labute approximate surface area is 163 Å². The lowest BCUT2D eigenvalue weighted by atomic mass is 9.78. The summed E-state index contributed by atoms with van der Waals surface area (Å²) >= 11 is 0. The standard InChI is InChI=1S/C20H24N2O6/c1-5-15(13-7-9-19(27-3)17(11-13)21(23)24)16(6-2)14-8-10-20(28-4)18(12-14)22(25)26/h7-12,15-16H,5-6H2,1-4H3/t15-,16+. The Morgan fingerprint density at radius 1 is 0.786 bits per heavy atom. The molecule has 0 aliphatic carbocycles. The molecule has 2 aromatic rings. The monoisotopic (exact) mass is 388 g/mol. The van der Waals surface area contributed by atoms with Crippen molar-refractivity contribution in [3.63, 3.8) is 0 Å². The second-order valence-electron chi connectivity index (χ2n) is 6.41. The molecule has 2 aromatic carbocycles. The number of hydrogen-bond donors (Lipinski definition) is 0. The van der Waals surface area contributed by atoms with Crippen LogP contribution in [-0.2, 0) is 0 Å². The minimum Gasteiger partial charge on any atom is -0.490 e. The topological polar surface area (TPSA) is 105 Å². The van der Waals surface area contributed by atoms with Crippen LogP contribution in [0.5, 0.6) is 11.5 Å². The number of methoxy groups -OCH3 is 2. The molecule has 0 N–H and O–H groups in total. The van der Waals surface area contributed by atoms with Crippen molar-refractivity contribution in [2.75, 3.05) is 14.2 Å². The van der Waals surface area contributed by atoms with E-state index in [0.29, 0.717) is 0 Å². The van der Waals surface area contributed by atoms with Gasteiger partial charge in [0.05, 0.1) is 24.1 Å². The zero-order valence-electron chi connectivity index (χ0n) is 16.4. The summed E-state index contributed by atoms with van der Waals surface area (Å²) in [6.45, 7) is 4.00. The number of rotatable bonds is 9. The van der Waals surface area contributed by atoms with E-state index in [0.717, 1.165) is 24.0 Å². The number of hydrogen-bond acceptors (Lipinski definition) is 6. The number of nitro benzene ring substituents is 2. The maximum atomic E-state index is 11.4. The van der Waals surface area contributed by atoms with Crippen molar-refractivity contribution in [1.82, 2.24) is 0 Å². The fraction of sp³-hybridized carbons (Fsp3) is 0.400. The van der Waals surface area contributed by atoms with Crippen LogP contribution in [0.15, 0.2) is 36.4 Å². The number of nitrogens with zero attached hydrogens (tertiary/aromatic N) is 2. The summed E-state index contributed by atoms with van der Waals surface area (Å²) in [6.07, 6.45) is 1.45. The predicted molar refractivity (Wildman–Crippen MR) is 105 cm³/mol. The summed E-state index contributed by atoms with van der Waals surface area (Å²) in [7, 11) is 2.79. The maximum absolute atomic E-state index is 11.4. The molecule has 0 fully saturated rings. The van der Waals surface area contributed by atoms with Crippen LogP contribution in [0.1, 0.15) is 49.7 Å². The molecule has 0 aliphatic rings. The van der Waals surface area contributed by atoms with Gasteiger partial charge in [-0.1, -0.05) is 26.0 Å². The third-order valence-corrected chi connectivity index (χ3v) is 5.02. The van der Waals surface area contributed by atoms with Crippen LogP contribution >= 0.6 is 0 Å². The molecule has 0 spiro atoms. The number of nitro groups is 2. The van der Waals surface area contributed by atoms with Crippen LogP contribution in [0.25, 0.3) is 0 Å². The van der Waals surface area contributed by atoms with E-state index in [1.807, 2.05) is 26.0 Å². The molecule has 0 unspecified atom stereocenters. The van der Waals surface area contributed by atoms with Crippen LogP contribution in [-0.4, -0.2) is 24.1 Å². The van der Waals surface area contributed by atoms with Crippen molar-refractivity contribution in [3.05, 3.63) is 67.8 Å². The molecule has 0 aliphatic heterocycles. The Hall–Kier alpha value is -3.16. The third kappa shape index (κ3) is 4.21. The molecule has 2 rings (SSSR count). The summed E-state index contributed by atoms with van der Waals surface area (Å²) < 4.78 is 10.2. The van der Waals surface area contributed by atoms with Gasteiger partial charge in [0.2, 0.25) is 0 Å². The average molecular weight is 388 g/mol. The minimum absolute atomic E-state index is 0.0393. The fourth-order valence-electron chi connectivity index (χ4n) is 3.67. The van der Waals surface area contributed by atoms with Gasteiger partial charge in [-0.3, -0.25) is 20.2 Å². The molecule has 0 amide bonds. The summed E-state index contributed by atoms with van der Waals surface area (Å²) in [4.78, 5) is 21.8. The quantitative estimate of drug-likeness (QED) is 0.431. The van der Waals surface area contributed by atoms with Gasteiger partial charge < -0.3 is 9.47 Å². The third-order valence-electron chi connectivity index (χ3n) is 5.02. The molecule has 0 radical (unpaired) electrons. The van der Waals surface area contributed by atoms with E-state index in [-0.39, 0.29) is 34.7 Å². The molecule has 8 nitrogen and oxygen atoms in total. The van der Waals surface area contributed by atoms with E-state index in [9.17, 15) is 20.2 Å². The lowest BCUT2D eigenvalue weighted by Gasteiger charge is -2.26. The Morgan fingerprint density at radius 3 is 1.39 bits per heavy atom. The van der Waals surface area contributed by atoms with Gasteiger partial charge in [0.15, 0.2) is 11.5 Å². The molecular formula is C20H24N2O6. The molecule has 0 saturated carbocycles. The van der Waals surface area contributed by atoms with Crippen molar-refractivity contribution in [3.8, 4) is 11.5 Å². The van der Waals surface area contributed by atoms with Crippen molar-refractivity contribution in [2.24, 2.45) is 0 Å². The Morgan fingerprint density at radius 2 is 1.14 bits per heavy atom. The van der Waals surface area contributed by atoms with Gasteiger partial charge in [0.1, 0.15) is 0 Å². The molecule has 0 saturated heterocycles. The Bertz CT molecular complexity index is 796. The van der Waals surface area contributed by atoms with Crippen molar-refractivity contribution in [2.45, 2.75) is 38.5 Å². The van der Waals surface area contributed by atoms with E-state index < -0.39 is 9.85 Å². The minimum atomic E-state index is -0.464. The SMILES string of the molecule is CC[C@H](c1ccc(OC)c([N+](=O)[O-])c1)[C@@H](CC)c1ccc(OC)c([N+](=O)[O-])c1. The van der Waals surface area contributed by atoms with Crippen molar-refractivity contribution in [1.29, 1.82) is 0 Å². The largest absolute Gasteiger partial charge is 0.490 e. The van der Waals surface area contributed by atoms with Gasteiger partial charge >= 0.3 is 11.4 Å². The van der Waals surface area contributed by atoms with E-state index in [1.165, 1.54) is 26.4 Å². The first kappa shape index (κ1) is 21.1. The summed E-state index contributed by atoms with van der Waals surface area (Å²) in [5, 5.41) is 22.8. The molecule has 2 atom stereocenters. The lowest BCUT2D eigenvalue weighted by molar-refractivity contribution is -0.386. The average Bonchev–Trinajstić information content (AvgIpc) is 2.70. The van der Waals surface area contributed by atoms with Gasteiger partial charge in [0, 0.05) is 12.1 Å². The zero-order valence-corrected chi connectivity index (χ0v) is 16.4. The number of benzene rings is 2. The lowest BCUT2D eigenvalue weighted by Crippen LogP contribution is -2.11. The highest BCUT2D eigenvalue weighted by Gasteiger charge is 2.27. The van der Waals surface area contributed by atoms with E-state index in [2.05, 4.69) is 0 Å². The van der Waals surface area contributed by atoms with Crippen LogP contribution < -0.4 is 9.47 Å². The first-order chi connectivity index (χ1) is 13.4. The second-order valence-corrected chi connectivity index (χ2v) is 6.41. The summed E-state index contributed by atoms with van der Waals surface area (Å²) in [6, 6.07) is 9.90. The Balaban J connectivity index is 2.52. The predicted octanol–water partition coefficient (Wildman–Crippen LogP) is 5.21. The molecule has 0 bridgehead atoms. The molecule has 8 heteroatoms. The molecule has 28 heavy (non-hydrogen) atoms. The molecule has 0 heterocycles. The van der Waals surface area contributed by atoms with E-state index in [1.54, 1.807) is 12.1 Å². The van der Waals surface area contributed by atoms with Crippen LogP contribution in [0, 0.1) is 20.2 Å². The van der Waals surface area contributed by atoms with Crippen LogP contribution in [0.3, 0.4) is 0 Å². The second kappa shape index (κ2) is 9.16. The fourth-order valence-corrected chi connectivity index (χ4v) is 3.67. The van der Waals surface area contributed by atoms with E-state index >= 15 is 0 Å². The van der Waals surface area contributed by atoms with Crippen molar-refractivity contribution < 1.29 is 19.3 Å². The van der Waals surface area contributed by atoms with Gasteiger partial charge in [0.25, 0.3) is 0 Å². The smallest absolute Gasteiger partial charge is 0.311 e. The van der Waals surface area contributed by atoms with Gasteiger partial charge in [-0.25, -0.2) is 0 Å². The van der Waals surface area contributed by atoms with Crippen LogP contribution in [0.4, 0.5) is 11.4 Å². The highest BCUT2D eigenvalue weighted by molar-refractivity contribution is 5.52.